The van der Waals surface area contributed by atoms with Crippen LogP contribution in [0.25, 0.3) is 11.1 Å². The summed E-state index contributed by atoms with van der Waals surface area (Å²) in [4.78, 5) is 6.52. The molecule has 0 amide bonds. The normalized spacial score (nSPS) is 27.1. The molecule has 2 atom stereocenters. The Morgan fingerprint density at radius 1 is 1.44 bits per heavy atom. The van der Waals surface area contributed by atoms with Crippen molar-refractivity contribution in [1.82, 2.24) is 10.3 Å². The molecule has 0 spiro atoms. The van der Waals surface area contributed by atoms with Crippen LogP contribution in [-0.2, 0) is 0 Å². The van der Waals surface area contributed by atoms with E-state index in [1.807, 2.05) is 0 Å². The average Bonchev–Trinajstić information content (AvgIpc) is 2.73. The highest BCUT2D eigenvalue weighted by Gasteiger charge is 2.36. The summed E-state index contributed by atoms with van der Waals surface area (Å²) in [6.45, 7) is 3.04. The molecule has 1 aromatic heterocycles. The van der Waals surface area contributed by atoms with Gasteiger partial charge in [-0.25, -0.2) is 4.39 Å². The van der Waals surface area contributed by atoms with E-state index in [2.05, 4.69) is 15.2 Å². The number of hydrogen-bond donors (Lipinski definition) is 1. The van der Waals surface area contributed by atoms with Crippen LogP contribution in [-0.4, -0.2) is 30.7 Å². The van der Waals surface area contributed by atoms with E-state index in [4.69, 9.17) is 4.42 Å². The molecule has 1 N–H and O–H groups in total. The largest absolute Gasteiger partial charge is 0.423 e. The van der Waals surface area contributed by atoms with Crippen molar-refractivity contribution in [3.8, 4) is 0 Å². The maximum absolute atomic E-state index is 13.1. The van der Waals surface area contributed by atoms with E-state index in [-0.39, 0.29) is 5.82 Å². The predicted molar refractivity (Wildman–Crippen MR) is 66.1 cm³/mol. The van der Waals surface area contributed by atoms with Crippen molar-refractivity contribution in [3.05, 3.63) is 24.0 Å². The van der Waals surface area contributed by atoms with Gasteiger partial charge in [0.05, 0.1) is 0 Å². The Balaban J connectivity index is 1.65. The molecule has 0 bridgehead atoms. The van der Waals surface area contributed by atoms with Gasteiger partial charge in [0.15, 0.2) is 5.58 Å². The van der Waals surface area contributed by atoms with Crippen molar-refractivity contribution < 1.29 is 8.81 Å². The van der Waals surface area contributed by atoms with Crippen LogP contribution in [0.2, 0.25) is 0 Å². The molecular formula is C13H14FN3O. The molecule has 2 saturated heterocycles. The van der Waals surface area contributed by atoms with Crippen LogP contribution in [0.4, 0.5) is 10.4 Å². The van der Waals surface area contributed by atoms with Gasteiger partial charge in [-0.3, -0.25) is 0 Å². The van der Waals surface area contributed by atoms with Crippen LogP contribution < -0.4 is 10.2 Å². The number of oxazole rings is 1. The van der Waals surface area contributed by atoms with Gasteiger partial charge in [-0.05, 0) is 31.0 Å². The molecule has 0 radical (unpaired) electrons. The van der Waals surface area contributed by atoms with E-state index in [1.54, 1.807) is 6.07 Å². The molecule has 4 rings (SSSR count). The average molecular weight is 247 g/mol. The summed E-state index contributed by atoms with van der Waals surface area (Å²) in [6.07, 6.45) is 1.17. The lowest BCUT2D eigenvalue weighted by Crippen LogP contribution is -2.62. The molecule has 0 unspecified atom stereocenters. The van der Waals surface area contributed by atoms with Gasteiger partial charge in [-0.1, -0.05) is 0 Å². The number of anilines is 1. The Morgan fingerprint density at radius 2 is 2.39 bits per heavy atom. The molecule has 2 aliphatic rings. The summed E-state index contributed by atoms with van der Waals surface area (Å²) >= 11 is 0. The number of benzene rings is 1. The Bertz CT molecular complexity index is 597. The number of nitrogens with zero attached hydrogens (tertiary/aromatic N) is 2. The Kier molecular flexibility index (Phi) is 2.11. The molecule has 3 heterocycles. The van der Waals surface area contributed by atoms with Crippen molar-refractivity contribution in [2.24, 2.45) is 5.92 Å². The summed E-state index contributed by atoms with van der Waals surface area (Å²) in [5, 5.41) is 3.42. The number of aromatic nitrogens is 1. The monoisotopic (exact) mass is 247 g/mol. The first-order chi connectivity index (χ1) is 8.79. The van der Waals surface area contributed by atoms with Gasteiger partial charge in [-0.2, -0.15) is 4.98 Å². The molecule has 2 aliphatic heterocycles. The lowest BCUT2D eigenvalue weighted by molar-refractivity contribution is 0.193. The molecule has 0 aliphatic carbocycles. The molecular weight excluding hydrogens is 233 g/mol. The van der Waals surface area contributed by atoms with Gasteiger partial charge >= 0.3 is 0 Å². The smallest absolute Gasteiger partial charge is 0.298 e. The highest BCUT2D eigenvalue weighted by molar-refractivity contribution is 5.74. The quantitative estimate of drug-likeness (QED) is 0.833. The highest BCUT2D eigenvalue weighted by atomic mass is 19.1. The number of fused-ring (bicyclic) bond motifs is 2. The van der Waals surface area contributed by atoms with E-state index in [0.29, 0.717) is 23.2 Å². The van der Waals surface area contributed by atoms with Crippen LogP contribution in [0.3, 0.4) is 0 Å². The minimum Gasteiger partial charge on any atom is -0.423 e. The second-order valence-electron chi connectivity index (χ2n) is 5.12. The number of rotatable bonds is 1. The third-order valence-electron chi connectivity index (χ3n) is 4.01. The number of halogens is 1. The first-order valence-electron chi connectivity index (χ1n) is 6.34. The third-order valence-corrected chi connectivity index (χ3v) is 4.01. The minimum absolute atomic E-state index is 0.276. The molecule has 4 nitrogen and oxygen atoms in total. The van der Waals surface area contributed by atoms with Gasteiger partial charge in [-0.15, -0.1) is 0 Å². The maximum Gasteiger partial charge on any atom is 0.298 e. The van der Waals surface area contributed by atoms with Crippen LogP contribution in [0.15, 0.2) is 22.6 Å². The van der Waals surface area contributed by atoms with E-state index < -0.39 is 0 Å². The summed E-state index contributed by atoms with van der Waals surface area (Å²) in [5.41, 5.74) is 1.24. The minimum atomic E-state index is -0.276. The standard InChI is InChI=1S/C13H14FN3O/c14-9-1-2-12-10(5-9)16-13(18-12)17-4-3-8-6-15-11(8)7-17/h1-2,5,8,11,15H,3-4,6-7H2/t8-,11-/m1/s1. The molecule has 18 heavy (non-hydrogen) atoms. The molecule has 2 aromatic rings. The summed E-state index contributed by atoms with van der Waals surface area (Å²) in [6, 6.07) is 5.62. The lowest BCUT2D eigenvalue weighted by Gasteiger charge is -2.45. The summed E-state index contributed by atoms with van der Waals surface area (Å²) < 4.78 is 18.8. The van der Waals surface area contributed by atoms with Gasteiger partial charge in [0.25, 0.3) is 6.01 Å². The van der Waals surface area contributed by atoms with E-state index in [0.717, 1.165) is 25.6 Å². The fourth-order valence-corrected chi connectivity index (χ4v) is 2.82. The molecule has 0 saturated carbocycles. The van der Waals surface area contributed by atoms with Crippen molar-refractivity contribution in [2.75, 3.05) is 24.5 Å². The zero-order valence-corrected chi connectivity index (χ0v) is 9.90. The number of hydrogen-bond acceptors (Lipinski definition) is 4. The van der Waals surface area contributed by atoms with Crippen molar-refractivity contribution in [2.45, 2.75) is 12.5 Å². The van der Waals surface area contributed by atoms with E-state index in [9.17, 15) is 4.39 Å². The van der Waals surface area contributed by atoms with Crippen molar-refractivity contribution >= 4 is 17.1 Å². The Morgan fingerprint density at radius 3 is 3.17 bits per heavy atom. The van der Waals surface area contributed by atoms with Gasteiger partial charge in [0, 0.05) is 25.2 Å². The maximum atomic E-state index is 13.1. The van der Waals surface area contributed by atoms with E-state index in [1.165, 1.54) is 18.6 Å². The topological polar surface area (TPSA) is 41.3 Å². The molecule has 94 valence electrons. The number of piperidine rings is 1. The van der Waals surface area contributed by atoms with Crippen LogP contribution in [0.1, 0.15) is 6.42 Å². The van der Waals surface area contributed by atoms with Gasteiger partial charge in [0.2, 0.25) is 0 Å². The summed E-state index contributed by atoms with van der Waals surface area (Å²) in [5.74, 6) is 0.532. The Labute approximate surface area is 104 Å². The second kappa shape index (κ2) is 3.68. The molecule has 1 aromatic carbocycles. The van der Waals surface area contributed by atoms with Gasteiger partial charge in [0.1, 0.15) is 11.3 Å². The first kappa shape index (κ1) is 10.3. The van der Waals surface area contributed by atoms with E-state index >= 15 is 0 Å². The third kappa shape index (κ3) is 1.50. The SMILES string of the molecule is Fc1ccc2oc(N3CC[C@@H]4CN[C@@H]4C3)nc2c1. The number of nitrogens with one attached hydrogen (secondary N) is 1. The second-order valence-corrected chi connectivity index (χ2v) is 5.12. The zero-order valence-electron chi connectivity index (χ0n) is 9.90. The molecule has 2 fully saturated rings. The predicted octanol–water partition coefficient (Wildman–Crippen LogP) is 1.77. The van der Waals surface area contributed by atoms with Crippen LogP contribution >= 0.6 is 0 Å². The summed E-state index contributed by atoms with van der Waals surface area (Å²) in [7, 11) is 0. The fourth-order valence-electron chi connectivity index (χ4n) is 2.82. The first-order valence-corrected chi connectivity index (χ1v) is 6.34. The highest BCUT2D eigenvalue weighted by Crippen LogP contribution is 2.29. The van der Waals surface area contributed by atoms with Crippen LogP contribution in [0.5, 0.6) is 0 Å². The van der Waals surface area contributed by atoms with Crippen LogP contribution in [0, 0.1) is 11.7 Å². The molecule has 5 heteroatoms. The Hall–Kier alpha value is -1.62. The van der Waals surface area contributed by atoms with Crippen molar-refractivity contribution in [3.63, 3.8) is 0 Å². The lowest BCUT2D eigenvalue weighted by atomic mass is 9.85. The van der Waals surface area contributed by atoms with Crippen molar-refractivity contribution in [1.29, 1.82) is 0 Å². The fraction of sp³-hybridized carbons (Fsp3) is 0.462. The van der Waals surface area contributed by atoms with Gasteiger partial charge < -0.3 is 14.6 Å². The zero-order chi connectivity index (χ0) is 12.1.